The first-order valence-corrected chi connectivity index (χ1v) is 12.8. The van der Waals surface area contributed by atoms with Crippen LogP contribution in [0.4, 0.5) is 37.7 Å². The molecule has 0 aliphatic carbocycles. The third-order valence-electron chi connectivity index (χ3n) is 5.61. The van der Waals surface area contributed by atoms with Crippen molar-refractivity contribution in [1.82, 2.24) is 0 Å². The first kappa shape index (κ1) is 37.0. The summed E-state index contributed by atoms with van der Waals surface area (Å²) in [4.78, 5) is 75.1. The smallest absolute Gasteiger partial charge is 0.418 e. The highest BCUT2D eigenvalue weighted by Gasteiger charge is 2.49. The number of alkyl halides is 6. The number of esters is 4. The van der Waals surface area contributed by atoms with Crippen LogP contribution in [0.5, 0.6) is 0 Å². The second kappa shape index (κ2) is 15.2. The Balaban J connectivity index is 2.71. The van der Waals surface area contributed by atoms with E-state index in [1.54, 1.807) is 0 Å². The molecule has 46 heavy (non-hydrogen) atoms. The minimum absolute atomic E-state index is 0.599. The van der Waals surface area contributed by atoms with Crippen molar-refractivity contribution in [2.24, 2.45) is 0 Å². The molecule has 12 nitrogen and oxygen atoms in total. The van der Waals surface area contributed by atoms with E-state index in [-0.39, 0.29) is 0 Å². The molecular formula is C28H26F6N2O10. The van der Waals surface area contributed by atoms with Crippen LogP contribution in [0.25, 0.3) is 0 Å². The Morgan fingerprint density at radius 1 is 0.522 bits per heavy atom. The summed E-state index contributed by atoms with van der Waals surface area (Å²) in [5.41, 5.74) is -4.43. The molecule has 0 aromatic heterocycles. The summed E-state index contributed by atoms with van der Waals surface area (Å²) >= 11 is 0. The number of carbonyl (C=O) groups excluding carboxylic acids is 6. The molecule has 0 saturated carbocycles. The predicted molar refractivity (Wildman–Crippen MR) is 142 cm³/mol. The highest BCUT2D eigenvalue weighted by molar-refractivity contribution is 5.98. The molecule has 4 unspecified atom stereocenters. The fraction of sp³-hybridized carbons (Fsp3) is 0.357. The maximum Gasteiger partial charge on any atom is 0.418 e. The Hall–Kier alpha value is -5.16. The maximum atomic E-state index is 13.6. The van der Waals surface area contributed by atoms with Crippen molar-refractivity contribution < 1.29 is 74.1 Å². The summed E-state index contributed by atoms with van der Waals surface area (Å²) in [5.74, 6) is -8.41. The Morgan fingerprint density at radius 3 is 1.07 bits per heavy atom. The second-order valence-electron chi connectivity index (χ2n) is 9.27. The lowest BCUT2D eigenvalue weighted by Crippen LogP contribution is -2.57. The first-order valence-electron chi connectivity index (χ1n) is 12.8. The normalized spacial score (nSPS) is 14.0. The molecule has 2 amide bonds. The van der Waals surface area contributed by atoms with Crippen LogP contribution in [-0.4, -0.2) is 60.1 Å². The molecule has 0 bridgehead atoms. The molecule has 4 atom stereocenters. The molecule has 0 aliphatic heterocycles. The van der Waals surface area contributed by atoms with E-state index < -0.39 is 95.0 Å². The van der Waals surface area contributed by atoms with Gasteiger partial charge in [0.1, 0.15) is 0 Å². The third kappa shape index (κ3) is 10.5. The third-order valence-corrected chi connectivity index (χ3v) is 5.61. The topological polar surface area (TPSA) is 163 Å². The van der Waals surface area contributed by atoms with Crippen LogP contribution in [0.2, 0.25) is 0 Å². The molecule has 0 saturated heterocycles. The SMILES string of the molecule is CC(=O)OC(C(=O)Nc1ccccc1C(F)(F)F)C(OC(C)=O)C(OC(C)=O)C(OC(C)=O)C(=O)Nc1ccccc1C(F)(F)F. The van der Waals surface area contributed by atoms with Crippen LogP contribution in [0, 0.1) is 0 Å². The molecule has 0 fully saturated rings. The molecule has 2 rings (SSSR count). The van der Waals surface area contributed by atoms with Crippen LogP contribution in [0.15, 0.2) is 48.5 Å². The van der Waals surface area contributed by atoms with Crippen molar-refractivity contribution in [1.29, 1.82) is 0 Å². The number of rotatable bonds is 11. The van der Waals surface area contributed by atoms with Crippen LogP contribution >= 0.6 is 0 Å². The average Bonchev–Trinajstić information content (AvgIpc) is 2.91. The van der Waals surface area contributed by atoms with Gasteiger partial charge in [0.15, 0.2) is 12.2 Å². The Labute approximate surface area is 256 Å². The molecule has 2 aromatic rings. The van der Waals surface area contributed by atoms with E-state index in [4.69, 9.17) is 18.9 Å². The van der Waals surface area contributed by atoms with Gasteiger partial charge >= 0.3 is 36.2 Å². The Bertz CT molecular complexity index is 1370. The molecule has 2 aromatic carbocycles. The fourth-order valence-electron chi connectivity index (χ4n) is 3.97. The van der Waals surface area contributed by atoms with E-state index in [1.807, 2.05) is 10.6 Å². The number of ether oxygens (including phenoxy) is 4. The van der Waals surface area contributed by atoms with Crippen LogP contribution in [0.1, 0.15) is 38.8 Å². The van der Waals surface area contributed by atoms with Gasteiger partial charge in [-0.2, -0.15) is 26.3 Å². The van der Waals surface area contributed by atoms with Crippen molar-refractivity contribution in [3.63, 3.8) is 0 Å². The van der Waals surface area contributed by atoms with Gasteiger partial charge in [-0.1, -0.05) is 24.3 Å². The molecule has 0 heterocycles. The number of para-hydroxylation sites is 2. The summed E-state index contributed by atoms with van der Waals surface area (Å²) < 4.78 is 101. The van der Waals surface area contributed by atoms with Crippen molar-refractivity contribution in [2.75, 3.05) is 10.6 Å². The molecule has 250 valence electrons. The van der Waals surface area contributed by atoms with Gasteiger partial charge in [-0.05, 0) is 24.3 Å². The van der Waals surface area contributed by atoms with Crippen molar-refractivity contribution in [3.8, 4) is 0 Å². The lowest BCUT2D eigenvalue weighted by molar-refractivity contribution is -0.198. The quantitative estimate of drug-likeness (QED) is 0.204. The number of halogens is 6. The molecule has 0 spiro atoms. The number of anilines is 2. The standard InChI is InChI=1S/C28H26F6N2O10/c1-13(37)43-21(23(45-15(3)39)25(41)35-19-11-7-5-9-17(19)27(29,30)31)22(44-14(2)38)24(46-16(4)40)26(42)36-20-12-8-6-10-18(20)28(32,33)34/h5-12,21-24H,1-4H3,(H,35,41)(H,36,42). The number of hydrogen-bond acceptors (Lipinski definition) is 10. The van der Waals surface area contributed by atoms with E-state index in [2.05, 4.69) is 0 Å². The zero-order chi connectivity index (χ0) is 35.0. The monoisotopic (exact) mass is 664 g/mol. The van der Waals surface area contributed by atoms with Gasteiger partial charge in [-0.15, -0.1) is 0 Å². The van der Waals surface area contributed by atoms with E-state index >= 15 is 0 Å². The van der Waals surface area contributed by atoms with Gasteiger partial charge in [0.2, 0.25) is 12.2 Å². The lowest BCUT2D eigenvalue weighted by Gasteiger charge is -2.34. The highest BCUT2D eigenvalue weighted by Crippen LogP contribution is 2.36. The minimum atomic E-state index is -5.00. The zero-order valence-electron chi connectivity index (χ0n) is 24.3. The summed E-state index contributed by atoms with van der Waals surface area (Å²) in [5, 5.41) is 3.71. The van der Waals surface area contributed by atoms with Crippen LogP contribution < -0.4 is 10.6 Å². The summed E-state index contributed by atoms with van der Waals surface area (Å²) in [6, 6.07) is 7.06. The van der Waals surface area contributed by atoms with E-state index in [0.29, 0.717) is 12.1 Å². The van der Waals surface area contributed by atoms with Gasteiger partial charge in [0.05, 0.1) is 22.5 Å². The summed E-state index contributed by atoms with van der Waals surface area (Å²) in [7, 11) is 0. The van der Waals surface area contributed by atoms with Gasteiger partial charge in [-0.3, -0.25) is 28.8 Å². The molecule has 0 aliphatic rings. The molecular weight excluding hydrogens is 638 g/mol. The van der Waals surface area contributed by atoms with Crippen LogP contribution in [-0.2, 0) is 60.1 Å². The summed E-state index contributed by atoms with van der Waals surface area (Å²) in [6.45, 7) is 2.94. The second-order valence-corrected chi connectivity index (χ2v) is 9.27. The highest BCUT2D eigenvalue weighted by atomic mass is 19.4. The van der Waals surface area contributed by atoms with E-state index in [9.17, 15) is 55.1 Å². The number of amides is 2. The van der Waals surface area contributed by atoms with Gasteiger partial charge in [-0.25, -0.2) is 0 Å². The van der Waals surface area contributed by atoms with Gasteiger partial charge < -0.3 is 29.6 Å². The lowest BCUT2D eigenvalue weighted by atomic mass is 9.99. The van der Waals surface area contributed by atoms with E-state index in [0.717, 1.165) is 64.1 Å². The van der Waals surface area contributed by atoms with Gasteiger partial charge in [0, 0.05) is 27.7 Å². The number of nitrogens with one attached hydrogen (secondary N) is 2. The molecule has 2 N–H and O–H groups in total. The zero-order valence-corrected chi connectivity index (χ0v) is 24.3. The Morgan fingerprint density at radius 2 is 0.804 bits per heavy atom. The van der Waals surface area contributed by atoms with E-state index in [1.165, 1.54) is 0 Å². The minimum Gasteiger partial charge on any atom is -0.454 e. The first-order chi connectivity index (χ1) is 21.2. The Kier molecular flexibility index (Phi) is 12.3. The average molecular weight is 665 g/mol. The van der Waals surface area contributed by atoms with Crippen molar-refractivity contribution in [3.05, 3.63) is 59.7 Å². The largest absolute Gasteiger partial charge is 0.454 e. The summed E-state index contributed by atoms with van der Waals surface area (Å²) in [6.07, 6.45) is -19.9. The van der Waals surface area contributed by atoms with Crippen molar-refractivity contribution >= 4 is 47.1 Å². The predicted octanol–water partition coefficient (Wildman–Crippen LogP) is 4.03. The number of hydrogen-bond donors (Lipinski definition) is 2. The van der Waals surface area contributed by atoms with Gasteiger partial charge in [0.25, 0.3) is 11.8 Å². The maximum absolute atomic E-state index is 13.6. The molecule has 0 radical (unpaired) electrons. The number of benzene rings is 2. The van der Waals surface area contributed by atoms with Crippen molar-refractivity contribution in [2.45, 2.75) is 64.5 Å². The van der Waals surface area contributed by atoms with Crippen LogP contribution in [0.3, 0.4) is 0 Å². The molecule has 18 heteroatoms. The number of carbonyl (C=O) groups is 6. The fourth-order valence-corrected chi connectivity index (χ4v) is 3.97.